The van der Waals surface area contributed by atoms with E-state index < -0.39 is 0 Å². The summed E-state index contributed by atoms with van der Waals surface area (Å²) < 4.78 is 13.0. The van der Waals surface area contributed by atoms with Crippen LogP contribution in [0.25, 0.3) is 22.4 Å². The molecule has 1 N–H and O–H groups in total. The first-order valence-corrected chi connectivity index (χ1v) is 14.1. The van der Waals surface area contributed by atoms with Crippen LogP contribution in [0.5, 0.6) is 0 Å². The summed E-state index contributed by atoms with van der Waals surface area (Å²) in [6.45, 7) is 10.8. The van der Waals surface area contributed by atoms with Gasteiger partial charge >= 0.3 is 7.12 Å². The number of imidazole rings is 1. The Hall–Kier alpha value is -2.63. The van der Waals surface area contributed by atoms with Crippen LogP contribution < -0.4 is 5.46 Å². The third kappa shape index (κ3) is 3.69. The molecule has 1 saturated carbocycles. The van der Waals surface area contributed by atoms with E-state index in [1.807, 2.05) is 6.20 Å². The second-order valence-electron chi connectivity index (χ2n) is 12.7. The Labute approximate surface area is 221 Å². The number of hydrogen-bond donors (Lipinski definition) is 1. The van der Waals surface area contributed by atoms with Crippen LogP contribution in [0, 0.1) is 0 Å². The lowest BCUT2D eigenvalue weighted by molar-refractivity contribution is 0.00578. The summed E-state index contributed by atoms with van der Waals surface area (Å²) in [6.07, 6.45) is 10.5. The standard InChI is InChI=1S/C32H37BN2O2/c1-19-6-7-24(16-19)30-34-18-27(35-30)21-10-8-20(9-11-21)25-14-15-26(29-23-13-12-22(17-23)28(25)29)33-36-31(2,3)32(4,5)37-33/h8-11,14-16,18,22-24H,6-7,12-13,17H2,1-5H3,(H,34,35)/t22?,23?,24-/m0/s1. The van der Waals surface area contributed by atoms with E-state index in [2.05, 4.69) is 82.1 Å². The van der Waals surface area contributed by atoms with Crippen molar-refractivity contribution < 1.29 is 9.31 Å². The third-order valence-electron chi connectivity index (χ3n) is 9.87. The largest absolute Gasteiger partial charge is 0.495 e. The second kappa shape index (κ2) is 8.18. The van der Waals surface area contributed by atoms with Crippen molar-refractivity contribution in [3.63, 3.8) is 0 Å². The van der Waals surface area contributed by atoms with Gasteiger partial charge in [0.1, 0.15) is 5.82 Å². The Bertz CT molecular complexity index is 1380. The fourth-order valence-electron chi connectivity index (χ4n) is 7.09. The zero-order valence-electron chi connectivity index (χ0n) is 22.7. The van der Waals surface area contributed by atoms with E-state index in [-0.39, 0.29) is 18.3 Å². The molecule has 0 radical (unpaired) electrons. The maximum Gasteiger partial charge on any atom is 0.495 e. The van der Waals surface area contributed by atoms with E-state index in [1.165, 1.54) is 59.0 Å². The van der Waals surface area contributed by atoms with Crippen LogP contribution in [0.1, 0.15) is 101 Å². The van der Waals surface area contributed by atoms with Crippen molar-refractivity contribution in [3.05, 3.63) is 71.2 Å². The monoisotopic (exact) mass is 492 g/mol. The van der Waals surface area contributed by atoms with Crippen LogP contribution in [-0.4, -0.2) is 28.3 Å². The molecular weight excluding hydrogens is 455 g/mol. The Morgan fingerprint density at radius 3 is 2.22 bits per heavy atom. The molecule has 37 heavy (non-hydrogen) atoms. The van der Waals surface area contributed by atoms with Crippen molar-refractivity contribution in [1.29, 1.82) is 0 Å². The molecule has 0 amide bonds. The van der Waals surface area contributed by atoms with Crippen molar-refractivity contribution in [2.24, 2.45) is 0 Å². The molecule has 2 heterocycles. The average Bonchev–Trinajstić information content (AvgIpc) is 3.68. The predicted molar refractivity (Wildman–Crippen MR) is 150 cm³/mol. The SMILES string of the molecule is CC1=C[C@@H](c2ncc(-c3ccc(-c4ccc(B5OC(C)(C)C(C)(C)O5)c5c4C4CCC5C4)cc3)[nH]2)CC1. The van der Waals surface area contributed by atoms with Gasteiger partial charge in [-0.25, -0.2) is 4.98 Å². The Kier molecular flexibility index (Phi) is 5.20. The number of aromatic amines is 1. The highest BCUT2D eigenvalue weighted by Gasteiger charge is 2.53. The van der Waals surface area contributed by atoms with Gasteiger partial charge in [-0.1, -0.05) is 48.0 Å². The number of allylic oxidation sites excluding steroid dienone is 2. The van der Waals surface area contributed by atoms with Gasteiger partial charge in [0.15, 0.2) is 0 Å². The maximum absolute atomic E-state index is 6.50. The molecule has 4 aliphatic rings. The van der Waals surface area contributed by atoms with E-state index >= 15 is 0 Å². The van der Waals surface area contributed by atoms with Crippen LogP contribution in [0.2, 0.25) is 0 Å². The molecule has 7 rings (SSSR count). The zero-order chi connectivity index (χ0) is 25.5. The first-order valence-electron chi connectivity index (χ1n) is 14.1. The molecule has 1 aromatic heterocycles. The summed E-state index contributed by atoms with van der Waals surface area (Å²) in [6, 6.07) is 13.6. The summed E-state index contributed by atoms with van der Waals surface area (Å²) in [5.41, 5.74) is 10.1. The van der Waals surface area contributed by atoms with Crippen LogP contribution in [-0.2, 0) is 9.31 Å². The first-order chi connectivity index (χ1) is 17.7. The maximum atomic E-state index is 6.50. The van der Waals surface area contributed by atoms with Crippen LogP contribution in [0.15, 0.2) is 54.2 Å². The van der Waals surface area contributed by atoms with Gasteiger partial charge in [0, 0.05) is 5.92 Å². The quantitative estimate of drug-likeness (QED) is 0.309. The molecule has 5 heteroatoms. The van der Waals surface area contributed by atoms with Crippen molar-refractivity contribution in [2.45, 2.75) is 95.7 Å². The fraction of sp³-hybridized carbons (Fsp3) is 0.469. The minimum Gasteiger partial charge on any atom is -0.399 e. The van der Waals surface area contributed by atoms with Gasteiger partial charge < -0.3 is 14.3 Å². The van der Waals surface area contributed by atoms with Gasteiger partial charge in [-0.15, -0.1) is 0 Å². The van der Waals surface area contributed by atoms with E-state index in [0.29, 0.717) is 17.8 Å². The zero-order valence-corrected chi connectivity index (χ0v) is 22.7. The lowest BCUT2D eigenvalue weighted by Crippen LogP contribution is -2.41. The molecule has 1 saturated heterocycles. The Morgan fingerprint density at radius 2 is 1.54 bits per heavy atom. The highest BCUT2D eigenvalue weighted by molar-refractivity contribution is 6.62. The van der Waals surface area contributed by atoms with Crippen molar-refractivity contribution in [2.75, 3.05) is 0 Å². The van der Waals surface area contributed by atoms with E-state index in [4.69, 9.17) is 14.3 Å². The van der Waals surface area contributed by atoms with Crippen molar-refractivity contribution >= 4 is 12.6 Å². The van der Waals surface area contributed by atoms with E-state index in [1.54, 1.807) is 5.56 Å². The molecule has 4 nitrogen and oxygen atoms in total. The molecule has 2 unspecified atom stereocenters. The minimum absolute atomic E-state index is 0.289. The van der Waals surface area contributed by atoms with Crippen LogP contribution in [0.3, 0.4) is 0 Å². The van der Waals surface area contributed by atoms with Crippen molar-refractivity contribution in [3.8, 4) is 22.4 Å². The molecule has 2 bridgehead atoms. The van der Waals surface area contributed by atoms with E-state index in [9.17, 15) is 0 Å². The number of benzene rings is 2. The molecule has 3 atom stereocenters. The van der Waals surface area contributed by atoms with Gasteiger partial charge in [-0.2, -0.15) is 0 Å². The molecule has 1 aliphatic heterocycles. The highest BCUT2D eigenvalue weighted by Crippen LogP contribution is 2.55. The number of H-pyrrole nitrogens is 1. The average molecular weight is 492 g/mol. The Morgan fingerprint density at radius 1 is 0.865 bits per heavy atom. The van der Waals surface area contributed by atoms with E-state index in [0.717, 1.165) is 17.9 Å². The summed E-state index contributed by atoms with van der Waals surface area (Å²) >= 11 is 0. The van der Waals surface area contributed by atoms with Gasteiger partial charge in [-0.05, 0) is 112 Å². The van der Waals surface area contributed by atoms with Crippen LogP contribution >= 0.6 is 0 Å². The molecule has 0 spiro atoms. The highest BCUT2D eigenvalue weighted by atomic mass is 16.7. The summed E-state index contributed by atoms with van der Waals surface area (Å²) in [7, 11) is -0.289. The molecule has 190 valence electrons. The summed E-state index contributed by atoms with van der Waals surface area (Å²) in [4.78, 5) is 8.29. The number of fused-ring (bicyclic) bond motifs is 5. The molecular formula is C32H37BN2O2. The number of hydrogen-bond acceptors (Lipinski definition) is 3. The molecule has 2 aromatic carbocycles. The number of nitrogens with zero attached hydrogens (tertiary/aromatic N) is 1. The summed E-state index contributed by atoms with van der Waals surface area (Å²) in [5.74, 6) is 2.79. The normalized spacial score (nSPS) is 27.1. The summed E-state index contributed by atoms with van der Waals surface area (Å²) in [5, 5.41) is 0. The number of aromatic nitrogens is 2. The predicted octanol–water partition coefficient (Wildman–Crippen LogP) is 7.23. The topological polar surface area (TPSA) is 47.1 Å². The van der Waals surface area contributed by atoms with Gasteiger partial charge in [0.05, 0.1) is 23.1 Å². The minimum atomic E-state index is -0.323. The van der Waals surface area contributed by atoms with Crippen molar-refractivity contribution in [1.82, 2.24) is 9.97 Å². The molecule has 2 fully saturated rings. The third-order valence-corrected chi connectivity index (χ3v) is 9.87. The Balaban J connectivity index is 1.21. The number of nitrogens with one attached hydrogen (secondary N) is 1. The number of rotatable bonds is 4. The lowest BCUT2D eigenvalue weighted by Gasteiger charge is -2.32. The fourth-order valence-corrected chi connectivity index (χ4v) is 7.09. The second-order valence-corrected chi connectivity index (χ2v) is 12.7. The molecule has 3 aliphatic carbocycles. The molecule has 3 aromatic rings. The van der Waals surface area contributed by atoms with Crippen LogP contribution in [0.4, 0.5) is 0 Å². The van der Waals surface area contributed by atoms with Gasteiger partial charge in [0.2, 0.25) is 0 Å². The first kappa shape index (κ1) is 23.5. The lowest BCUT2D eigenvalue weighted by atomic mass is 9.70. The van der Waals surface area contributed by atoms with Gasteiger partial charge in [0.25, 0.3) is 0 Å². The smallest absolute Gasteiger partial charge is 0.399 e. The van der Waals surface area contributed by atoms with Gasteiger partial charge in [-0.3, -0.25) is 0 Å².